The third-order valence-corrected chi connectivity index (χ3v) is 3.93. The number of rotatable bonds is 4. The van der Waals surface area contributed by atoms with Crippen molar-refractivity contribution in [2.75, 3.05) is 19.6 Å². The first kappa shape index (κ1) is 11.0. The molecule has 1 aromatic rings. The van der Waals surface area contributed by atoms with Gasteiger partial charge < -0.3 is 11.1 Å². The van der Waals surface area contributed by atoms with Gasteiger partial charge >= 0.3 is 0 Å². The number of hydrogen-bond acceptors (Lipinski definition) is 4. The normalized spacial score (nSPS) is 21.8. The average Bonchev–Trinajstić information content (AvgIpc) is 2.68. The van der Waals surface area contributed by atoms with Gasteiger partial charge in [-0.05, 0) is 44.8 Å². The maximum atomic E-state index is 5.52. The highest BCUT2D eigenvalue weighted by Gasteiger charge is 2.15. The predicted molar refractivity (Wildman–Crippen MR) is 64.2 cm³/mol. The average molecular weight is 225 g/mol. The first-order chi connectivity index (χ1) is 7.38. The van der Waals surface area contributed by atoms with Crippen LogP contribution in [0.3, 0.4) is 0 Å². The Bertz CT molecular complexity index is 292. The van der Waals surface area contributed by atoms with Gasteiger partial charge in [-0.25, -0.2) is 4.98 Å². The number of hydrogen-bond donors (Lipinski definition) is 2. The highest BCUT2D eigenvalue weighted by Crippen LogP contribution is 2.20. The summed E-state index contributed by atoms with van der Waals surface area (Å²) in [5, 5.41) is 4.73. The van der Waals surface area contributed by atoms with Crippen LogP contribution in [0.5, 0.6) is 0 Å². The number of piperidine rings is 1. The molecule has 2 heterocycles. The van der Waals surface area contributed by atoms with Crippen LogP contribution in [0.15, 0.2) is 6.20 Å². The van der Waals surface area contributed by atoms with Crippen molar-refractivity contribution in [3.05, 3.63) is 16.1 Å². The molecule has 84 valence electrons. The van der Waals surface area contributed by atoms with Gasteiger partial charge in [-0.1, -0.05) is 0 Å². The molecule has 2 rings (SSSR count). The van der Waals surface area contributed by atoms with Crippen LogP contribution in [0.25, 0.3) is 0 Å². The van der Waals surface area contributed by atoms with E-state index in [9.17, 15) is 0 Å². The summed E-state index contributed by atoms with van der Waals surface area (Å²) in [4.78, 5) is 5.79. The Balaban J connectivity index is 1.86. The van der Waals surface area contributed by atoms with Crippen LogP contribution >= 0.6 is 11.3 Å². The van der Waals surface area contributed by atoms with E-state index in [0.29, 0.717) is 0 Å². The maximum Gasteiger partial charge on any atom is 0.0930 e. The molecule has 1 saturated heterocycles. The minimum absolute atomic E-state index is 0.729. The SMILES string of the molecule is NCCc1cnc(CC2CCCNC2)s1. The van der Waals surface area contributed by atoms with Crippen molar-refractivity contribution >= 4 is 11.3 Å². The molecule has 0 radical (unpaired) electrons. The maximum absolute atomic E-state index is 5.52. The molecule has 0 saturated carbocycles. The summed E-state index contributed by atoms with van der Waals surface area (Å²) < 4.78 is 0. The van der Waals surface area contributed by atoms with Crippen molar-refractivity contribution in [2.24, 2.45) is 11.7 Å². The van der Waals surface area contributed by atoms with E-state index in [-0.39, 0.29) is 0 Å². The molecule has 0 spiro atoms. The summed E-state index contributed by atoms with van der Waals surface area (Å²) in [5.41, 5.74) is 5.52. The Morgan fingerprint density at radius 1 is 1.60 bits per heavy atom. The summed E-state index contributed by atoms with van der Waals surface area (Å²) in [5.74, 6) is 0.788. The van der Waals surface area contributed by atoms with E-state index < -0.39 is 0 Å². The third-order valence-electron chi connectivity index (χ3n) is 2.85. The first-order valence-corrected chi connectivity index (χ1v) is 6.54. The molecule has 1 atom stereocenters. The number of nitrogens with zero attached hydrogens (tertiary/aromatic N) is 1. The molecule has 1 aliphatic rings. The van der Waals surface area contributed by atoms with E-state index in [4.69, 9.17) is 5.73 Å². The lowest BCUT2D eigenvalue weighted by atomic mass is 9.97. The second-order valence-electron chi connectivity index (χ2n) is 4.18. The standard InChI is InChI=1S/C11H19N3S/c12-4-3-10-8-14-11(15-10)6-9-2-1-5-13-7-9/h8-9,13H,1-7,12H2. The van der Waals surface area contributed by atoms with Gasteiger partial charge in [0.2, 0.25) is 0 Å². The lowest BCUT2D eigenvalue weighted by molar-refractivity contribution is 0.376. The molecule has 0 amide bonds. The van der Waals surface area contributed by atoms with Crippen LogP contribution in [0.2, 0.25) is 0 Å². The highest BCUT2D eigenvalue weighted by atomic mass is 32.1. The number of nitrogens with two attached hydrogens (primary N) is 1. The smallest absolute Gasteiger partial charge is 0.0930 e. The zero-order chi connectivity index (χ0) is 10.5. The molecule has 1 aromatic heterocycles. The largest absolute Gasteiger partial charge is 0.330 e. The number of aromatic nitrogens is 1. The molecule has 1 unspecified atom stereocenters. The zero-order valence-electron chi connectivity index (χ0n) is 9.04. The van der Waals surface area contributed by atoms with Crippen molar-refractivity contribution in [2.45, 2.75) is 25.7 Å². The molecule has 3 nitrogen and oxygen atoms in total. The quantitative estimate of drug-likeness (QED) is 0.809. The number of nitrogens with one attached hydrogen (secondary N) is 1. The zero-order valence-corrected chi connectivity index (χ0v) is 9.85. The summed E-state index contributed by atoms with van der Waals surface area (Å²) in [6.07, 6.45) is 6.76. The van der Waals surface area contributed by atoms with Crippen LogP contribution in [-0.4, -0.2) is 24.6 Å². The Hall–Kier alpha value is -0.450. The van der Waals surface area contributed by atoms with Crippen molar-refractivity contribution in [3.63, 3.8) is 0 Å². The lowest BCUT2D eigenvalue weighted by Gasteiger charge is -2.21. The molecule has 1 aliphatic heterocycles. The van der Waals surface area contributed by atoms with Crippen LogP contribution < -0.4 is 11.1 Å². The topological polar surface area (TPSA) is 50.9 Å². The molecule has 0 aromatic carbocycles. The second kappa shape index (κ2) is 5.58. The van der Waals surface area contributed by atoms with E-state index >= 15 is 0 Å². The minimum Gasteiger partial charge on any atom is -0.330 e. The molecule has 15 heavy (non-hydrogen) atoms. The van der Waals surface area contributed by atoms with Gasteiger partial charge in [0.25, 0.3) is 0 Å². The summed E-state index contributed by atoms with van der Waals surface area (Å²) >= 11 is 1.83. The third kappa shape index (κ3) is 3.26. The van der Waals surface area contributed by atoms with Crippen molar-refractivity contribution in [1.29, 1.82) is 0 Å². The van der Waals surface area contributed by atoms with Crippen molar-refractivity contribution < 1.29 is 0 Å². The summed E-state index contributed by atoms with van der Waals surface area (Å²) in [7, 11) is 0. The fourth-order valence-electron chi connectivity index (χ4n) is 2.05. The van der Waals surface area contributed by atoms with E-state index in [1.807, 2.05) is 17.5 Å². The molecule has 4 heteroatoms. The van der Waals surface area contributed by atoms with Crippen LogP contribution in [0.1, 0.15) is 22.7 Å². The monoisotopic (exact) mass is 225 g/mol. The molecule has 0 aliphatic carbocycles. The summed E-state index contributed by atoms with van der Waals surface area (Å²) in [6, 6.07) is 0. The molecule has 3 N–H and O–H groups in total. The van der Waals surface area contributed by atoms with Gasteiger partial charge in [-0.2, -0.15) is 0 Å². The van der Waals surface area contributed by atoms with E-state index in [1.54, 1.807) is 0 Å². The highest BCUT2D eigenvalue weighted by molar-refractivity contribution is 7.11. The van der Waals surface area contributed by atoms with E-state index in [2.05, 4.69) is 10.3 Å². The van der Waals surface area contributed by atoms with Gasteiger partial charge in [0.1, 0.15) is 0 Å². The van der Waals surface area contributed by atoms with Crippen molar-refractivity contribution in [3.8, 4) is 0 Å². The second-order valence-corrected chi connectivity index (χ2v) is 5.38. The molecule has 1 fully saturated rings. The summed E-state index contributed by atoms with van der Waals surface area (Å²) in [6.45, 7) is 3.07. The van der Waals surface area contributed by atoms with Gasteiger partial charge in [-0.15, -0.1) is 11.3 Å². The van der Waals surface area contributed by atoms with Gasteiger partial charge in [-0.3, -0.25) is 0 Å². The Labute approximate surface area is 95.1 Å². The predicted octanol–water partition coefficient (Wildman–Crippen LogP) is 1.19. The van der Waals surface area contributed by atoms with Crippen LogP contribution in [0, 0.1) is 5.92 Å². The number of thiazole rings is 1. The van der Waals surface area contributed by atoms with Crippen molar-refractivity contribution in [1.82, 2.24) is 10.3 Å². The van der Waals surface area contributed by atoms with E-state index in [1.165, 1.54) is 29.3 Å². The van der Waals surface area contributed by atoms with Gasteiger partial charge in [0, 0.05) is 17.5 Å². The Morgan fingerprint density at radius 2 is 2.53 bits per heavy atom. The minimum atomic E-state index is 0.729. The lowest BCUT2D eigenvalue weighted by Crippen LogP contribution is -2.30. The van der Waals surface area contributed by atoms with Gasteiger partial charge in [0.05, 0.1) is 5.01 Å². The van der Waals surface area contributed by atoms with Gasteiger partial charge in [0.15, 0.2) is 0 Å². The molecule has 0 bridgehead atoms. The molecular weight excluding hydrogens is 206 g/mol. The van der Waals surface area contributed by atoms with E-state index in [0.717, 1.165) is 31.8 Å². The van der Waals surface area contributed by atoms with Crippen LogP contribution in [-0.2, 0) is 12.8 Å². The molecular formula is C11H19N3S. The Kier molecular flexibility index (Phi) is 4.11. The Morgan fingerprint density at radius 3 is 3.27 bits per heavy atom. The fourth-order valence-corrected chi connectivity index (χ4v) is 3.10. The van der Waals surface area contributed by atoms with Crippen LogP contribution in [0.4, 0.5) is 0 Å². The first-order valence-electron chi connectivity index (χ1n) is 5.73. The fraction of sp³-hybridized carbons (Fsp3) is 0.727.